The van der Waals surface area contributed by atoms with Crippen LogP contribution < -0.4 is 0 Å². The zero-order valence-electron chi connectivity index (χ0n) is 13.8. The van der Waals surface area contributed by atoms with Crippen LogP contribution in [0.25, 0.3) is 11.0 Å². The molecule has 0 saturated carbocycles. The first-order valence-corrected chi connectivity index (χ1v) is 8.49. The van der Waals surface area contributed by atoms with Gasteiger partial charge in [-0.15, -0.1) is 0 Å². The molecule has 1 aromatic carbocycles. The lowest BCUT2D eigenvalue weighted by Crippen LogP contribution is -2.43. The fraction of sp³-hybridized carbons (Fsp3) is 0.526. The molecule has 1 aromatic heterocycles. The molecular formula is C19H23NO3. The summed E-state index contributed by atoms with van der Waals surface area (Å²) in [6.07, 6.45) is 3.18. The summed E-state index contributed by atoms with van der Waals surface area (Å²) in [5.74, 6) is 0.539. The van der Waals surface area contributed by atoms with Crippen molar-refractivity contribution >= 4 is 16.9 Å². The van der Waals surface area contributed by atoms with Crippen LogP contribution in [-0.4, -0.2) is 36.6 Å². The molecule has 2 aliphatic rings. The van der Waals surface area contributed by atoms with E-state index in [0.29, 0.717) is 5.76 Å². The molecule has 0 aliphatic carbocycles. The molecule has 122 valence electrons. The Hall–Kier alpha value is -1.81. The van der Waals surface area contributed by atoms with Gasteiger partial charge in [-0.25, -0.2) is 0 Å². The highest BCUT2D eigenvalue weighted by molar-refractivity contribution is 5.99. The van der Waals surface area contributed by atoms with Crippen LogP contribution in [0.15, 0.2) is 28.7 Å². The molecule has 1 amide bonds. The van der Waals surface area contributed by atoms with Crippen LogP contribution in [0.2, 0.25) is 0 Å². The van der Waals surface area contributed by atoms with Crippen molar-refractivity contribution in [3.05, 3.63) is 35.6 Å². The van der Waals surface area contributed by atoms with E-state index in [-0.39, 0.29) is 17.4 Å². The van der Waals surface area contributed by atoms with Crippen molar-refractivity contribution in [1.82, 2.24) is 4.90 Å². The fourth-order valence-electron chi connectivity index (χ4n) is 4.31. The number of carbonyl (C=O) groups excluding carboxylic acids is 1. The fourth-order valence-corrected chi connectivity index (χ4v) is 4.31. The van der Waals surface area contributed by atoms with E-state index in [9.17, 15) is 4.79 Å². The van der Waals surface area contributed by atoms with Crippen molar-refractivity contribution in [2.45, 2.75) is 39.2 Å². The van der Waals surface area contributed by atoms with E-state index in [1.165, 1.54) is 0 Å². The molecule has 1 atom stereocenters. The summed E-state index contributed by atoms with van der Waals surface area (Å²) in [6, 6.07) is 8.10. The summed E-state index contributed by atoms with van der Waals surface area (Å²) < 4.78 is 11.4. The van der Waals surface area contributed by atoms with Gasteiger partial charge in [0.25, 0.3) is 5.91 Å². The number of aryl methyl sites for hydroxylation is 1. The van der Waals surface area contributed by atoms with Crippen molar-refractivity contribution in [3.63, 3.8) is 0 Å². The number of rotatable bonds is 1. The first-order chi connectivity index (χ1) is 11.1. The number of likely N-dealkylation sites (tertiary alicyclic amines) is 1. The topological polar surface area (TPSA) is 42.7 Å². The van der Waals surface area contributed by atoms with E-state index in [0.717, 1.165) is 55.6 Å². The van der Waals surface area contributed by atoms with Crippen molar-refractivity contribution in [1.29, 1.82) is 0 Å². The second-order valence-corrected chi connectivity index (χ2v) is 6.95. The van der Waals surface area contributed by atoms with Crippen LogP contribution in [0.4, 0.5) is 0 Å². The SMILES string of the molecule is Cc1c(C(=O)N2CCC3(CCOCC3)[C@H]2C)oc2ccccc12. The van der Waals surface area contributed by atoms with Crippen molar-refractivity contribution in [2.75, 3.05) is 19.8 Å². The number of benzene rings is 1. The van der Waals surface area contributed by atoms with E-state index in [1.54, 1.807) is 0 Å². The van der Waals surface area contributed by atoms with Gasteiger partial charge < -0.3 is 14.1 Å². The predicted octanol–water partition coefficient (Wildman–Crippen LogP) is 3.77. The van der Waals surface area contributed by atoms with E-state index < -0.39 is 0 Å². The molecule has 2 aromatic rings. The van der Waals surface area contributed by atoms with E-state index in [2.05, 4.69) is 6.92 Å². The number of nitrogens with zero attached hydrogens (tertiary/aromatic N) is 1. The smallest absolute Gasteiger partial charge is 0.290 e. The highest BCUT2D eigenvalue weighted by atomic mass is 16.5. The summed E-state index contributed by atoms with van der Waals surface area (Å²) in [5.41, 5.74) is 1.97. The third kappa shape index (κ3) is 2.19. The summed E-state index contributed by atoms with van der Waals surface area (Å²) in [4.78, 5) is 15.1. The maximum Gasteiger partial charge on any atom is 0.290 e. The molecule has 3 heterocycles. The van der Waals surface area contributed by atoms with Gasteiger partial charge in [-0.3, -0.25) is 4.79 Å². The van der Waals surface area contributed by atoms with Crippen LogP contribution in [-0.2, 0) is 4.74 Å². The third-order valence-corrected chi connectivity index (χ3v) is 5.99. The second kappa shape index (κ2) is 5.38. The Morgan fingerprint density at radius 3 is 2.70 bits per heavy atom. The lowest BCUT2D eigenvalue weighted by molar-refractivity contribution is -0.000187. The van der Waals surface area contributed by atoms with Crippen LogP contribution in [0.1, 0.15) is 42.3 Å². The molecule has 0 N–H and O–H groups in total. The zero-order valence-corrected chi connectivity index (χ0v) is 13.8. The molecule has 4 heteroatoms. The monoisotopic (exact) mass is 313 g/mol. The molecule has 2 fully saturated rings. The number of para-hydroxylation sites is 1. The molecule has 2 aliphatic heterocycles. The minimum absolute atomic E-state index is 0.0366. The van der Waals surface area contributed by atoms with Crippen LogP contribution >= 0.6 is 0 Å². The minimum Gasteiger partial charge on any atom is -0.451 e. The molecule has 4 rings (SSSR count). The standard InChI is InChI=1S/C19H23NO3/c1-13-15-5-3-4-6-16(15)23-17(13)18(21)20-10-7-19(14(20)2)8-11-22-12-9-19/h3-6,14H,7-12H2,1-2H3/t14-/m1/s1. The summed E-state index contributed by atoms with van der Waals surface area (Å²) in [5, 5.41) is 1.03. The Morgan fingerprint density at radius 2 is 1.96 bits per heavy atom. The first kappa shape index (κ1) is 14.8. The van der Waals surface area contributed by atoms with Gasteiger partial charge in [0.05, 0.1) is 0 Å². The van der Waals surface area contributed by atoms with Gasteiger partial charge in [0.15, 0.2) is 5.76 Å². The molecule has 1 spiro atoms. The van der Waals surface area contributed by atoms with Gasteiger partial charge in [0.2, 0.25) is 0 Å². The quantitative estimate of drug-likeness (QED) is 0.805. The second-order valence-electron chi connectivity index (χ2n) is 6.95. The van der Waals surface area contributed by atoms with Gasteiger partial charge in [-0.2, -0.15) is 0 Å². The van der Waals surface area contributed by atoms with Gasteiger partial charge in [-0.05, 0) is 44.6 Å². The van der Waals surface area contributed by atoms with Crippen molar-refractivity contribution in [3.8, 4) is 0 Å². The van der Waals surface area contributed by atoms with Gasteiger partial charge in [0.1, 0.15) is 5.58 Å². The number of hydrogen-bond acceptors (Lipinski definition) is 3. The normalized spacial score (nSPS) is 23.7. The predicted molar refractivity (Wildman–Crippen MR) is 88.6 cm³/mol. The molecule has 0 bridgehead atoms. The Balaban J connectivity index is 1.65. The number of ether oxygens (including phenoxy) is 1. The van der Waals surface area contributed by atoms with Crippen molar-refractivity contribution < 1.29 is 13.9 Å². The van der Waals surface area contributed by atoms with Crippen molar-refractivity contribution in [2.24, 2.45) is 5.41 Å². The Labute approximate surface area is 136 Å². The summed E-state index contributed by atoms with van der Waals surface area (Å²) >= 11 is 0. The lowest BCUT2D eigenvalue weighted by atomic mass is 9.74. The average Bonchev–Trinajstić information content (AvgIpc) is 3.07. The summed E-state index contributed by atoms with van der Waals surface area (Å²) in [6.45, 7) is 6.61. The maximum atomic E-state index is 13.1. The van der Waals surface area contributed by atoms with E-state index in [4.69, 9.17) is 9.15 Å². The molecule has 23 heavy (non-hydrogen) atoms. The minimum atomic E-state index is 0.0366. The molecule has 0 radical (unpaired) electrons. The molecule has 0 unspecified atom stereocenters. The van der Waals surface area contributed by atoms with E-state index in [1.807, 2.05) is 36.1 Å². The van der Waals surface area contributed by atoms with Crippen LogP contribution in [0.3, 0.4) is 0 Å². The highest BCUT2D eigenvalue weighted by Gasteiger charge is 2.47. The molecule has 2 saturated heterocycles. The number of fused-ring (bicyclic) bond motifs is 1. The Morgan fingerprint density at radius 1 is 1.22 bits per heavy atom. The maximum absolute atomic E-state index is 13.1. The Kier molecular flexibility index (Phi) is 3.45. The number of hydrogen-bond donors (Lipinski definition) is 0. The highest BCUT2D eigenvalue weighted by Crippen LogP contribution is 2.45. The zero-order chi connectivity index (χ0) is 16.0. The van der Waals surface area contributed by atoms with Crippen LogP contribution in [0, 0.1) is 12.3 Å². The number of amides is 1. The summed E-state index contributed by atoms with van der Waals surface area (Å²) in [7, 11) is 0. The van der Waals surface area contributed by atoms with E-state index >= 15 is 0 Å². The third-order valence-electron chi connectivity index (χ3n) is 5.99. The largest absolute Gasteiger partial charge is 0.451 e. The average molecular weight is 313 g/mol. The number of furan rings is 1. The Bertz CT molecular complexity index is 742. The van der Waals surface area contributed by atoms with Gasteiger partial charge in [-0.1, -0.05) is 18.2 Å². The molecular weight excluding hydrogens is 290 g/mol. The first-order valence-electron chi connectivity index (χ1n) is 8.49. The van der Waals surface area contributed by atoms with Crippen LogP contribution in [0.5, 0.6) is 0 Å². The number of carbonyl (C=O) groups is 1. The molecule has 4 nitrogen and oxygen atoms in total. The van der Waals surface area contributed by atoms with Gasteiger partial charge >= 0.3 is 0 Å². The lowest BCUT2D eigenvalue weighted by Gasteiger charge is -2.38. The van der Waals surface area contributed by atoms with Gasteiger partial charge in [0, 0.05) is 36.8 Å².